The van der Waals surface area contributed by atoms with Gasteiger partial charge in [-0.3, -0.25) is 0 Å². The van der Waals surface area contributed by atoms with E-state index in [1.165, 1.54) is 7.11 Å². The van der Waals surface area contributed by atoms with Gasteiger partial charge >= 0.3 is 0 Å². The first kappa shape index (κ1) is 10.9. The fourth-order valence-corrected chi connectivity index (χ4v) is 1.49. The summed E-state index contributed by atoms with van der Waals surface area (Å²) in [5, 5.41) is 27.8. The van der Waals surface area contributed by atoms with Crippen molar-refractivity contribution in [1.29, 1.82) is 0 Å². The zero-order valence-corrected chi connectivity index (χ0v) is 7.75. The Morgan fingerprint density at radius 3 is 2.38 bits per heavy atom. The average Bonchev–Trinajstić information content (AvgIpc) is 2.15. The van der Waals surface area contributed by atoms with Crippen LogP contribution >= 0.6 is 0 Å². The van der Waals surface area contributed by atoms with Crippen LogP contribution in [0.25, 0.3) is 0 Å². The summed E-state index contributed by atoms with van der Waals surface area (Å²) in [6.45, 7) is 1.39. The lowest BCUT2D eigenvalue weighted by atomic mass is 9.93. The molecule has 0 amide bonds. The third-order valence-corrected chi connectivity index (χ3v) is 2.42. The standard InChI is InChI=1S/C8H16O5/c1-4-6(10)7(11)5(3-9)13-8(4)12-2/h4-11H,3H2,1-2H3/t4-,5?,6?,7+,8?/m0/s1. The van der Waals surface area contributed by atoms with Crippen molar-refractivity contribution in [2.24, 2.45) is 5.92 Å². The Bertz CT molecular complexity index is 143. The zero-order valence-electron chi connectivity index (χ0n) is 7.75. The number of aliphatic hydroxyl groups excluding tert-OH is 3. The molecule has 3 N–H and O–H groups in total. The Morgan fingerprint density at radius 1 is 1.31 bits per heavy atom. The van der Waals surface area contributed by atoms with Gasteiger partial charge in [0, 0.05) is 13.0 Å². The van der Waals surface area contributed by atoms with Crippen LogP contribution in [0.1, 0.15) is 6.92 Å². The molecule has 0 aromatic carbocycles. The monoisotopic (exact) mass is 192 g/mol. The van der Waals surface area contributed by atoms with E-state index in [2.05, 4.69) is 0 Å². The molecule has 3 unspecified atom stereocenters. The Kier molecular flexibility index (Phi) is 3.63. The van der Waals surface area contributed by atoms with Crippen molar-refractivity contribution >= 4 is 0 Å². The van der Waals surface area contributed by atoms with Crippen LogP contribution < -0.4 is 0 Å². The van der Waals surface area contributed by atoms with Crippen molar-refractivity contribution in [3.05, 3.63) is 0 Å². The number of aliphatic hydroxyl groups is 3. The number of rotatable bonds is 2. The van der Waals surface area contributed by atoms with E-state index in [9.17, 15) is 10.2 Å². The van der Waals surface area contributed by atoms with Crippen LogP contribution in [0.15, 0.2) is 0 Å². The Hall–Kier alpha value is -0.200. The van der Waals surface area contributed by atoms with E-state index >= 15 is 0 Å². The molecule has 5 heteroatoms. The molecule has 13 heavy (non-hydrogen) atoms. The first-order valence-electron chi connectivity index (χ1n) is 4.27. The molecule has 0 aromatic rings. The minimum Gasteiger partial charge on any atom is -0.394 e. The highest BCUT2D eigenvalue weighted by Gasteiger charge is 2.41. The second kappa shape index (κ2) is 4.34. The highest BCUT2D eigenvalue weighted by atomic mass is 16.7. The molecule has 0 aliphatic carbocycles. The molecule has 1 aliphatic heterocycles. The first-order chi connectivity index (χ1) is 6.11. The van der Waals surface area contributed by atoms with E-state index in [0.717, 1.165) is 0 Å². The Morgan fingerprint density at radius 2 is 1.92 bits per heavy atom. The van der Waals surface area contributed by atoms with Crippen LogP contribution in [0, 0.1) is 5.92 Å². The zero-order chi connectivity index (χ0) is 10.0. The lowest BCUT2D eigenvalue weighted by Gasteiger charge is -2.40. The molecular weight excluding hydrogens is 176 g/mol. The number of methoxy groups -OCH3 is 1. The van der Waals surface area contributed by atoms with Crippen molar-refractivity contribution in [3.8, 4) is 0 Å². The quantitative estimate of drug-likeness (QED) is 0.507. The maximum absolute atomic E-state index is 9.53. The van der Waals surface area contributed by atoms with Crippen LogP contribution in [-0.4, -0.2) is 53.6 Å². The van der Waals surface area contributed by atoms with Gasteiger partial charge in [0.2, 0.25) is 0 Å². The van der Waals surface area contributed by atoms with Crippen molar-refractivity contribution in [2.45, 2.75) is 31.5 Å². The minimum atomic E-state index is -1.05. The predicted molar refractivity (Wildman–Crippen MR) is 43.9 cm³/mol. The van der Waals surface area contributed by atoms with Gasteiger partial charge in [0.25, 0.3) is 0 Å². The summed E-state index contributed by atoms with van der Waals surface area (Å²) in [4.78, 5) is 0. The Labute approximate surface area is 76.9 Å². The van der Waals surface area contributed by atoms with Crippen LogP contribution in [0.2, 0.25) is 0 Å². The van der Waals surface area contributed by atoms with Gasteiger partial charge in [-0.25, -0.2) is 0 Å². The Balaban J connectivity index is 2.66. The molecule has 1 saturated heterocycles. The number of hydrogen-bond donors (Lipinski definition) is 3. The normalized spacial score (nSPS) is 46.4. The second-order valence-electron chi connectivity index (χ2n) is 3.30. The van der Waals surface area contributed by atoms with Gasteiger partial charge in [-0.2, -0.15) is 0 Å². The van der Waals surface area contributed by atoms with Gasteiger partial charge in [0.15, 0.2) is 6.29 Å². The topological polar surface area (TPSA) is 79.2 Å². The van der Waals surface area contributed by atoms with Gasteiger partial charge in [0.1, 0.15) is 12.2 Å². The molecule has 0 radical (unpaired) electrons. The fourth-order valence-electron chi connectivity index (χ4n) is 1.49. The predicted octanol–water partition coefficient (Wildman–Crippen LogP) is -1.29. The molecule has 1 aliphatic rings. The lowest BCUT2D eigenvalue weighted by molar-refractivity contribution is -0.274. The highest BCUT2D eigenvalue weighted by Crippen LogP contribution is 2.25. The van der Waals surface area contributed by atoms with E-state index in [-0.39, 0.29) is 12.5 Å². The van der Waals surface area contributed by atoms with Crippen molar-refractivity contribution in [1.82, 2.24) is 0 Å². The van der Waals surface area contributed by atoms with Gasteiger partial charge in [-0.05, 0) is 0 Å². The maximum Gasteiger partial charge on any atom is 0.162 e. The summed E-state index contributed by atoms with van der Waals surface area (Å²) in [5.74, 6) is -0.303. The molecule has 5 atom stereocenters. The molecule has 5 nitrogen and oxygen atoms in total. The molecule has 1 heterocycles. The van der Waals surface area contributed by atoms with Gasteiger partial charge in [-0.15, -0.1) is 0 Å². The second-order valence-corrected chi connectivity index (χ2v) is 3.30. The lowest BCUT2D eigenvalue weighted by Crippen LogP contribution is -2.55. The summed E-state index contributed by atoms with van der Waals surface area (Å²) in [6, 6.07) is 0. The van der Waals surface area contributed by atoms with E-state index in [1.807, 2.05) is 0 Å². The molecule has 0 spiro atoms. The maximum atomic E-state index is 9.53. The van der Waals surface area contributed by atoms with Gasteiger partial charge in [0.05, 0.1) is 12.7 Å². The fraction of sp³-hybridized carbons (Fsp3) is 1.00. The molecule has 1 fully saturated rings. The van der Waals surface area contributed by atoms with E-state index in [1.54, 1.807) is 6.92 Å². The van der Waals surface area contributed by atoms with Gasteiger partial charge < -0.3 is 24.8 Å². The summed E-state index contributed by atoms with van der Waals surface area (Å²) in [7, 11) is 1.46. The SMILES string of the molecule is COC1OC(CO)[C@@H](O)C(O)[C@@H]1C. The van der Waals surface area contributed by atoms with Gasteiger partial charge in [-0.1, -0.05) is 6.92 Å². The molecule has 0 aromatic heterocycles. The van der Waals surface area contributed by atoms with Crippen molar-refractivity contribution < 1.29 is 24.8 Å². The summed E-state index contributed by atoms with van der Waals surface area (Å²) < 4.78 is 10.1. The van der Waals surface area contributed by atoms with Crippen LogP contribution in [0.3, 0.4) is 0 Å². The minimum absolute atomic E-state index is 0.303. The van der Waals surface area contributed by atoms with E-state index in [4.69, 9.17) is 14.6 Å². The van der Waals surface area contributed by atoms with Crippen molar-refractivity contribution in [3.63, 3.8) is 0 Å². The highest BCUT2D eigenvalue weighted by molar-refractivity contribution is 4.86. The number of hydrogen-bond acceptors (Lipinski definition) is 5. The molecule has 0 saturated carbocycles. The molecule has 0 bridgehead atoms. The van der Waals surface area contributed by atoms with Crippen LogP contribution in [0.5, 0.6) is 0 Å². The largest absolute Gasteiger partial charge is 0.394 e. The number of ether oxygens (including phenoxy) is 2. The van der Waals surface area contributed by atoms with Crippen molar-refractivity contribution in [2.75, 3.05) is 13.7 Å². The summed E-state index contributed by atoms with van der Waals surface area (Å²) in [6.07, 6.45) is -3.31. The molecule has 1 rings (SSSR count). The smallest absolute Gasteiger partial charge is 0.162 e. The van der Waals surface area contributed by atoms with E-state index in [0.29, 0.717) is 0 Å². The molecule has 78 valence electrons. The summed E-state index contributed by atoms with van der Waals surface area (Å²) >= 11 is 0. The van der Waals surface area contributed by atoms with Crippen LogP contribution in [0.4, 0.5) is 0 Å². The molecular formula is C8H16O5. The third-order valence-electron chi connectivity index (χ3n) is 2.42. The summed E-state index contributed by atoms with van der Waals surface area (Å²) in [5.41, 5.74) is 0. The average molecular weight is 192 g/mol. The third kappa shape index (κ3) is 2.00. The van der Waals surface area contributed by atoms with Crippen LogP contribution in [-0.2, 0) is 9.47 Å². The first-order valence-corrected chi connectivity index (χ1v) is 4.27. The van der Waals surface area contributed by atoms with E-state index < -0.39 is 24.6 Å².